The van der Waals surface area contributed by atoms with E-state index in [2.05, 4.69) is 10.3 Å². The third-order valence-electron chi connectivity index (χ3n) is 4.05. The SMILES string of the molecule is O=S1(=O)C[C@@H]2[C@@H](C1)NC(=S)N2c1ccc2ncccc2c1. The zero-order valence-corrected chi connectivity index (χ0v) is 12.7. The molecule has 0 radical (unpaired) electrons. The minimum absolute atomic E-state index is 0.105. The van der Waals surface area contributed by atoms with Gasteiger partial charge in [-0.1, -0.05) is 6.07 Å². The van der Waals surface area contributed by atoms with E-state index in [0.29, 0.717) is 5.11 Å². The fourth-order valence-corrected chi connectivity index (χ4v) is 5.40. The Kier molecular flexibility index (Phi) is 2.71. The Labute approximate surface area is 127 Å². The smallest absolute Gasteiger partial charge is 0.174 e. The Morgan fingerprint density at radius 3 is 3.00 bits per heavy atom. The van der Waals surface area contributed by atoms with E-state index in [1.807, 2.05) is 35.2 Å². The molecule has 0 unspecified atom stereocenters. The first-order valence-corrected chi connectivity index (χ1v) is 8.91. The van der Waals surface area contributed by atoms with Crippen molar-refractivity contribution in [2.24, 2.45) is 0 Å². The number of pyridine rings is 1. The van der Waals surface area contributed by atoms with E-state index < -0.39 is 9.84 Å². The molecule has 3 heterocycles. The van der Waals surface area contributed by atoms with E-state index in [9.17, 15) is 8.42 Å². The summed E-state index contributed by atoms with van der Waals surface area (Å²) in [6.07, 6.45) is 1.75. The Morgan fingerprint density at radius 2 is 2.14 bits per heavy atom. The Hall–Kier alpha value is -1.73. The number of sulfone groups is 1. The van der Waals surface area contributed by atoms with Crippen LogP contribution in [-0.4, -0.2) is 42.1 Å². The molecule has 0 saturated carbocycles. The largest absolute Gasteiger partial charge is 0.356 e. The molecule has 7 heteroatoms. The van der Waals surface area contributed by atoms with E-state index in [-0.39, 0.29) is 23.6 Å². The molecule has 2 atom stereocenters. The molecule has 108 valence electrons. The fraction of sp³-hybridized carbons (Fsp3) is 0.286. The highest BCUT2D eigenvalue weighted by atomic mass is 32.2. The quantitative estimate of drug-likeness (QED) is 0.794. The highest BCUT2D eigenvalue weighted by molar-refractivity contribution is 7.91. The second-order valence-corrected chi connectivity index (χ2v) is 7.99. The van der Waals surface area contributed by atoms with Gasteiger partial charge in [-0.2, -0.15) is 0 Å². The molecule has 1 aromatic heterocycles. The topological polar surface area (TPSA) is 62.3 Å². The molecule has 2 aromatic rings. The van der Waals surface area contributed by atoms with Crippen molar-refractivity contribution >= 4 is 43.8 Å². The van der Waals surface area contributed by atoms with Crippen LogP contribution in [0.15, 0.2) is 36.5 Å². The van der Waals surface area contributed by atoms with Crippen molar-refractivity contribution in [1.82, 2.24) is 10.3 Å². The van der Waals surface area contributed by atoms with Gasteiger partial charge >= 0.3 is 0 Å². The minimum atomic E-state index is -2.99. The normalized spacial score (nSPS) is 26.9. The lowest BCUT2D eigenvalue weighted by Gasteiger charge is -2.23. The van der Waals surface area contributed by atoms with Crippen molar-refractivity contribution in [3.05, 3.63) is 36.5 Å². The Balaban J connectivity index is 1.78. The van der Waals surface area contributed by atoms with Crippen LogP contribution in [0.5, 0.6) is 0 Å². The molecule has 0 spiro atoms. The molecule has 2 saturated heterocycles. The summed E-state index contributed by atoms with van der Waals surface area (Å²) in [6.45, 7) is 0. The molecule has 0 amide bonds. The Bertz CT molecular complexity index is 850. The van der Waals surface area contributed by atoms with Crippen molar-refractivity contribution in [1.29, 1.82) is 0 Å². The van der Waals surface area contributed by atoms with Crippen molar-refractivity contribution in [3.63, 3.8) is 0 Å². The summed E-state index contributed by atoms with van der Waals surface area (Å²) in [5.41, 5.74) is 1.83. The average Bonchev–Trinajstić information content (AvgIpc) is 2.88. The maximum Gasteiger partial charge on any atom is 0.174 e. The van der Waals surface area contributed by atoms with Gasteiger partial charge in [0.25, 0.3) is 0 Å². The standard InChI is InChI=1S/C14H13N3O2S2/c18-21(19)7-12-13(8-21)17(14(20)16-12)10-3-4-11-9(6-10)2-1-5-15-11/h1-6,12-13H,7-8H2,(H,16,20)/t12-,13-/m1/s1. The van der Waals surface area contributed by atoms with Crippen LogP contribution in [0.2, 0.25) is 0 Å². The lowest BCUT2D eigenvalue weighted by atomic mass is 10.1. The lowest BCUT2D eigenvalue weighted by Crippen LogP contribution is -2.36. The number of anilines is 1. The van der Waals surface area contributed by atoms with Crippen LogP contribution in [0.1, 0.15) is 0 Å². The molecule has 5 nitrogen and oxygen atoms in total. The zero-order valence-electron chi connectivity index (χ0n) is 11.1. The maximum atomic E-state index is 11.8. The Morgan fingerprint density at radius 1 is 1.29 bits per heavy atom. The van der Waals surface area contributed by atoms with Gasteiger partial charge in [-0.25, -0.2) is 8.42 Å². The first kappa shape index (κ1) is 13.0. The predicted molar refractivity (Wildman–Crippen MR) is 86.2 cm³/mol. The predicted octanol–water partition coefficient (Wildman–Crippen LogP) is 1.09. The van der Waals surface area contributed by atoms with Crippen LogP contribution in [0.25, 0.3) is 10.9 Å². The number of aromatic nitrogens is 1. The van der Waals surface area contributed by atoms with E-state index >= 15 is 0 Å². The molecule has 2 fully saturated rings. The zero-order chi connectivity index (χ0) is 14.6. The number of nitrogens with zero attached hydrogens (tertiary/aromatic N) is 2. The maximum absolute atomic E-state index is 11.8. The van der Waals surface area contributed by atoms with E-state index in [4.69, 9.17) is 12.2 Å². The number of benzene rings is 1. The fourth-order valence-electron chi connectivity index (χ4n) is 3.12. The summed E-state index contributed by atoms with van der Waals surface area (Å²) in [5.74, 6) is 0.305. The lowest BCUT2D eigenvalue weighted by molar-refractivity contribution is 0.600. The van der Waals surface area contributed by atoms with Gasteiger partial charge in [-0.3, -0.25) is 4.98 Å². The third kappa shape index (κ3) is 2.08. The second kappa shape index (κ2) is 4.38. The van der Waals surface area contributed by atoms with Crippen LogP contribution in [0.3, 0.4) is 0 Å². The highest BCUT2D eigenvalue weighted by Crippen LogP contribution is 2.31. The molecule has 2 aliphatic rings. The summed E-state index contributed by atoms with van der Waals surface area (Å²) >= 11 is 5.38. The first-order valence-electron chi connectivity index (χ1n) is 6.68. The molecular weight excluding hydrogens is 306 g/mol. The number of thiocarbonyl (C=S) groups is 1. The number of fused-ring (bicyclic) bond motifs is 2. The summed E-state index contributed by atoms with van der Waals surface area (Å²) in [4.78, 5) is 6.22. The van der Waals surface area contributed by atoms with Gasteiger partial charge in [0.1, 0.15) is 0 Å². The van der Waals surface area contributed by atoms with E-state index in [1.54, 1.807) is 6.20 Å². The van der Waals surface area contributed by atoms with Gasteiger partial charge in [-0.05, 0) is 36.5 Å². The van der Waals surface area contributed by atoms with Crippen LogP contribution >= 0.6 is 12.2 Å². The van der Waals surface area contributed by atoms with Gasteiger partial charge in [0.05, 0.1) is 29.1 Å². The average molecular weight is 319 g/mol. The van der Waals surface area contributed by atoms with Crippen LogP contribution in [0, 0.1) is 0 Å². The summed E-state index contributed by atoms with van der Waals surface area (Å²) in [5, 5.41) is 4.75. The minimum Gasteiger partial charge on any atom is -0.356 e. The van der Waals surface area contributed by atoms with Crippen molar-refractivity contribution in [2.45, 2.75) is 12.1 Å². The van der Waals surface area contributed by atoms with E-state index in [0.717, 1.165) is 16.6 Å². The van der Waals surface area contributed by atoms with Gasteiger partial charge < -0.3 is 10.2 Å². The van der Waals surface area contributed by atoms with Gasteiger partial charge in [0, 0.05) is 17.3 Å². The summed E-state index contributed by atoms with van der Waals surface area (Å²) in [6, 6.07) is 9.53. The molecule has 21 heavy (non-hydrogen) atoms. The van der Waals surface area contributed by atoms with Gasteiger partial charge in [0.2, 0.25) is 0 Å². The van der Waals surface area contributed by atoms with Gasteiger partial charge in [0.15, 0.2) is 14.9 Å². The number of hydrogen-bond donors (Lipinski definition) is 1. The molecule has 1 N–H and O–H groups in total. The van der Waals surface area contributed by atoms with Gasteiger partial charge in [-0.15, -0.1) is 0 Å². The summed E-state index contributed by atoms with van der Waals surface area (Å²) in [7, 11) is -2.99. The third-order valence-corrected chi connectivity index (χ3v) is 6.08. The van der Waals surface area contributed by atoms with Crippen molar-refractivity contribution in [3.8, 4) is 0 Å². The molecule has 1 aromatic carbocycles. The molecule has 0 aliphatic carbocycles. The van der Waals surface area contributed by atoms with E-state index in [1.165, 1.54) is 0 Å². The molecule has 2 aliphatic heterocycles. The van der Waals surface area contributed by atoms with Crippen LogP contribution < -0.4 is 10.2 Å². The van der Waals surface area contributed by atoms with Crippen LogP contribution in [0.4, 0.5) is 5.69 Å². The number of hydrogen-bond acceptors (Lipinski definition) is 4. The van der Waals surface area contributed by atoms with Crippen LogP contribution in [-0.2, 0) is 9.84 Å². The van der Waals surface area contributed by atoms with Crippen molar-refractivity contribution < 1.29 is 8.42 Å². The molecular formula is C14H13N3O2S2. The highest BCUT2D eigenvalue weighted by Gasteiger charge is 2.47. The molecule has 4 rings (SSSR count). The monoisotopic (exact) mass is 319 g/mol. The number of rotatable bonds is 1. The first-order chi connectivity index (χ1) is 10.0. The number of nitrogens with one attached hydrogen (secondary N) is 1. The second-order valence-electron chi connectivity index (χ2n) is 5.45. The van der Waals surface area contributed by atoms with Crippen molar-refractivity contribution in [2.75, 3.05) is 16.4 Å². The summed E-state index contributed by atoms with van der Waals surface area (Å²) < 4.78 is 23.6. The molecule has 0 bridgehead atoms.